The lowest BCUT2D eigenvalue weighted by Gasteiger charge is -2.22. The third kappa shape index (κ3) is 6.23. The van der Waals surface area contributed by atoms with Crippen molar-refractivity contribution < 1.29 is 19.5 Å². The lowest BCUT2D eigenvalue weighted by molar-refractivity contribution is -0.134. The molecule has 0 radical (unpaired) electrons. The highest BCUT2D eigenvalue weighted by molar-refractivity contribution is 5.95. The van der Waals surface area contributed by atoms with Gasteiger partial charge in [0.15, 0.2) is 0 Å². The van der Waals surface area contributed by atoms with E-state index in [1.165, 1.54) is 12.1 Å². The van der Waals surface area contributed by atoms with Gasteiger partial charge in [-0.3, -0.25) is 9.59 Å². The molecule has 0 heterocycles. The van der Waals surface area contributed by atoms with Crippen LogP contribution in [0.1, 0.15) is 41.3 Å². The standard InChI is InChI=1S/C22H26N2O4/c1-3-14-24(15-20(25)23-19-7-5-4-6-16(19)2)21(26)13-10-17-8-11-18(12-9-17)22(27)28/h4-9,11-12H,3,10,13-15H2,1-2H3,(H,23,25)(H,27,28). The minimum atomic E-state index is -0.976. The predicted molar refractivity (Wildman–Crippen MR) is 108 cm³/mol. The fourth-order valence-corrected chi connectivity index (χ4v) is 2.86. The van der Waals surface area contributed by atoms with Crippen molar-refractivity contribution in [2.75, 3.05) is 18.4 Å². The monoisotopic (exact) mass is 382 g/mol. The van der Waals surface area contributed by atoms with E-state index < -0.39 is 5.97 Å². The van der Waals surface area contributed by atoms with Gasteiger partial charge < -0.3 is 15.3 Å². The lowest BCUT2D eigenvalue weighted by Crippen LogP contribution is -2.38. The average Bonchev–Trinajstić information content (AvgIpc) is 2.68. The van der Waals surface area contributed by atoms with Crippen LogP contribution in [0.25, 0.3) is 0 Å². The number of aryl methyl sites for hydroxylation is 2. The number of benzene rings is 2. The van der Waals surface area contributed by atoms with Crippen LogP contribution in [0.2, 0.25) is 0 Å². The summed E-state index contributed by atoms with van der Waals surface area (Å²) in [5.41, 5.74) is 2.82. The Morgan fingerprint density at radius 2 is 1.71 bits per heavy atom. The van der Waals surface area contributed by atoms with E-state index in [-0.39, 0.29) is 30.3 Å². The summed E-state index contributed by atoms with van der Waals surface area (Å²) in [5, 5.41) is 11.8. The van der Waals surface area contributed by atoms with Crippen molar-refractivity contribution in [3.8, 4) is 0 Å². The number of hydrogen-bond donors (Lipinski definition) is 2. The molecular weight excluding hydrogens is 356 g/mol. The highest BCUT2D eigenvalue weighted by Crippen LogP contribution is 2.13. The maximum atomic E-state index is 12.6. The first-order valence-electron chi connectivity index (χ1n) is 9.36. The van der Waals surface area contributed by atoms with E-state index in [0.29, 0.717) is 13.0 Å². The molecule has 2 amide bonds. The maximum absolute atomic E-state index is 12.6. The van der Waals surface area contributed by atoms with Gasteiger partial charge in [-0.15, -0.1) is 0 Å². The molecule has 0 unspecified atom stereocenters. The number of hydrogen-bond acceptors (Lipinski definition) is 3. The first kappa shape index (κ1) is 21.2. The quantitative estimate of drug-likeness (QED) is 0.695. The highest BCUT2D eigenvalue weighted by atomic mass is 16.4. The van der Waals surface area contributed by atoms with Gasteiger partial charge in [-0.2, -0.15) is 0 Å². The topological polar surface area (TPSA) is 86.7 Å². The summed E-state index contributed by atoms with van der Waals surface area (Å²) in [6.07, 6.45) is 1.53. The van der Waals surface area contributed by atoms with Gasteiger partial charge in [0.1, 0.15) is 0 Å². The number of carboxylic acids is 1. The zero-order chi connectivity index (χ0) is 20.5. The first-order chi connectivity index (χ1) is 13.4. The molecule has 0 fully saturated rings. The number of carbonyl (C=O) groups is 3. The van der Waals surface area contributed by atoms with Crippen LogP contribution < -0.4 is 5.32 Å². The number of aromatic carboxylic acids is 1. The van der Waals surface area contributed by atoms with Crippen LogP contribution in [0.5, 0.6) is 0 Å². The van der Waals surface area contributed by atoms with Crippen LogP contribution in [0.15, 0.2) is 48.5 Å². The summed E-state index contributed by atoms with van der Waals surface area (Å²) in [6.45, 7) is 4.40. The Morgan fingerprint density at radius 1 is 1.04 bits per heavy atom. The fraction of sp³-hybridized carbons (Fsp3) is 0.318. The summed E-state index contributed by atoms with van der Waals surface area (Å²) < 4.78 is 0. The maximum Gasteiger partial charge on any atom is 0.335 e. The van der Waals surface area contributed by atoms with Crippen molar-refractivity contribution in [1.82, 2.24) is 4.90 Å². The molecule has 2 rings (SSSR count). The zero-order valence-electron chi connectivity index (χ0n) is 16.3. The van der Waals surface area contributed by atoms with Gasteiger partial charge in [-0.1, -0.05) is 37.3 Å². The van der Waals surface area contributed by atoms with Crippen molar-refractivity contribution in [2.24, 2.45) is 0 Å². The molecule has 2 aromatic rings. The molecule has 6 nitrogen and oxygen atoms in total. The van der Waals surface area contributed by atoms with E-state index in [1.807, 2.05) is 38.1 Å². The van der Waals surface area contributed by atoms with Crippen LogP contribution in [-0.4, -0.2) is 40.9 Å². The minimum Gasteiger partial charge on any atom is -0.478 e. The number of carbonyl (C=O) groups excluding carboxylic acids is 2. The second kappa shape index (κ2) is 10.3. The fourth-order valence-electron chi connectivity index (χ4n) is 2.86. The Hall–Kier alpha value is -3.15. The molecule has 0 saturated heterocycles. The molecule has 6 heteroatoms. The number of para-hydroxylation sites is 1. The molecular formula is C22H26N2O4. The van der Waals surface area contributed by atoms with E-state index in [2.05, 4.69) is 5.32 Å². The largest absolute Gasteiger partial charge is 0.478 e. The zero-order valence-corrected chi connectivity index (χ0v) is 16.3. The van der Waals surface area contributed by atoms with Gasteiger partial charge in [0.05, 0.1) is 12.1 Å². The lowest BCUT2D eigenvalue weighted by atomic mass is 10.1. The second-order valence-corrected chi connectivity index (χ2v) is 6.68. The first-order valence-corrected chi connectivity index (χ1v) is 9.36. The third-order valence-electron chi connectivity index (χ3n) is 4.43. The summed E-state index contributed by atoms with van der Waals surface area (Å²) in [5.74, 6) is -1.29. The van der Waals surface area contributed by atoms with Crippen LogP contribution in [0, 0.1) is 6.92 Å². The Morgan fingerprint density at radius 3 is 2.32 bits per heavy atom. The molecule has 0 aliphatic rings. The third-order valence-corrected chi connectivity index (χ3v) is 4.43. The molecule has 2 N–H and O–H groups in total. The number of rotatable bonds is 9. The molecule has 2 aromatic carbocycles. The van der Waals surface area contributed by atoms with Crippen molar-refractivity contribution in [1.29, 1.82) is 0 Å². The summed E-state index contributed by atoms with van der Waals surface area (Å²) in [7, 11) is 0. The van der Waals surface area contributed by atoms with E-state index in [9.17, 15) is 14.4 Å². The van der Waals surface area contributed by atoms with Crippen LogP contribution in [0.4, 0.5) is 5.69 Å². The van der Waals surface area contributed by atoms with E-state index >= 15 is 0 Å². The average molecular weight is 382 g/mol. The van der Waals surface area contributed by atoms with E-state index in [4.69, 9.17) is 5.11 Å². The predicted octanol–water partition coefficient (Wildman–Crippen LogP) is 3.50. The van der Waals surface area contributed by atoms with Gasteiger partial charge >= 0.3 is 5.97 Å². The molecule has 0 bridgehead atoms. The Kier molecular flexibility index (Phi) is 7.75. The summed E-state index contributed by atoms with van der Waals surface area (Å²) in [6, 6.07) is 14.0. The number of nitrogens with one attached hydrogen (secondary N) is 1. The Balaban J connectivity index is 1.92. The van der Waals surface area contributed by atoms with Gasteiger partial charge in [0.2, 0.25) is 11.8 Å². The Labute approximate surface area is 165 Å². The minimum absolute atomic E-state index is 0.0129. The smallest absolute Gasteiger partial charge is 0.335 e. The van der Waals surface area contributed by atoms with Crippen molar-refractivity contribution in [3.05, 3.63) is 65.2 Å². The molecule has 0 spiro atoms. The van der Waals surface area contributed by atoms with E-state index in [0.717, 1.165) is 23.2 Å². The second-order valence-electron chi connectivity index (χ2n) is 6.68. The van der Waals surface area contributed by atoms with Crippen molar-refractivity contribution in [3.63, 3.8) is 0 Å². The summed E-state index contributed by atoms with van der Waals surface area (Å²) in [4.78, 5) is 37.4. The molecule has 148 valence electrons. The van der Waals surface area contributed by atoms with Gasteiger partial charge in [0, 0.05) is 18.7 Å². The molecule has 0 aliphatic carbocycles. The normalized spacial score (nSPS) is 10.4. The van der Waals surface area contributed by atoms with Crippen LogP contribution in [0.3, 0.4) is 0 Å². The van der Waals surface area contributed by atoms with Crippen molar-refractivity contribution >= 4 is 23.5 Å². The van der Waals surface area contributed by atoms with E-state index in [1.54, 1.807) is 17.0 Å². The van der Waals surface area contributed by atoms with Crippen LogP contribution >= 0.6 is 0 Å². The number of amides is 2. The highest BCUT2D eigenvalue weighted by Gasteiger charge is 2.17. The van der Waals surface area contributed by atoms with Crippen LogP contribution in [-0.2, 0) is 16.0 Å². The number of anilines is 1. The molecule has 0 aliphatic heterocycles. The van der Waals surface area contributed by atoms with Gasteiger partial charge in [-0.25, -0.2) is 4.79 Å². The SMILES string of the molecule is CCCN(CC(=O)Nc1ccccc1C)C(=O)CCc1ccc(C(=O)O)cc1. The molecule has 0 saturated carbocycles. The van der Waals surface area contributed by atoms with Gasteiger partial charge in [0.25, 0.3) is 0 Å². The number of carboxylic acid groups (broad SMARTS) is 1. The molecule has 0 atom stereocenters. The molecule has 28 heavy (non-hydrogen) atoms. The van der Waals surface area contributed by atoms with Crippen molar-refractivity contribution in [2.45, 2.75) is 33.1 Å². The number of nitrogens with zero attached hydrogens (tertiary/aromatic N) is 1. The van der Waals surface area contributed by atoms with Gasteiger partial charge in [-0.05, 0) is 49.1 Å². The summed E-state index contributed by atoms with van der Waals surface area (Å²) >= 11 is 0. The Bertz CT molecular complexity index is 831. The molecule has 0 aromatic heterocycles.